The average Bonchev–Trinajstić information content (AvgIpc) is 2.85. The first-order chi connectivity index (χ1) is 17.1. The van der Waals surface area contributed by atoms with Crippen molar-refractivity contribution < 1.29 is 29.7 Å². The zero-order valence-electron chi connectivity index (χ0n) is 23.6. The van der Waals surface area contributed by atoms with E-state index < -0.39 is 17.9 Å². The Bertz CT molecular complexity index is 877. The summed E-state index contributed by atoms with van der Waals surface area (Å²) in [6, 6.07) is 10.0. The van der Waals surface area contributed by atoms with Gasteiger partial charge in [-0.05, 0) is 72.9 Å². The fourth-order valence-corrected chi connectivity index (χ4v) is 2.03. The first kappa shape index (κ1) is 38.1. The molecule has 0 amide bonds. The van der Waals surface area contributed by atoms with Crippen molar-refractivity contribution in [2.75, 3.05) is 6.54 Å². The third-order valence-corrected chi connectivity index (χ3v) is 4.53. The summed E-state index contributed by atoms with van der Waals surface area (Å²) in [6.07, 6.45) is 8.45. The molecule has 1 aromatic rings. The van der Waals surface area contributed by atoms with Gasteiger partial charge in [-0.25, -0.2) is 14.4 Å². The Hall–Kier alpha value is -3.45. The number of carboxylic acid groups (broad SMARTS) is 3. The second kappa shape index (κ2) is 23.0. The quantitative estimate of drug-likeness (QED) is 0.195. The molecule has 0 bridgehead atoms. The lowest BCUT2D eigenvalue weighted by molar-refractivity contribution is -0.133. The molecule has 0 saturated carbocycles. The molecule has 0 fully saturated rings. The van der Waals surface area contributed by atoms with Gasteiger partial charge in [0.1, 0.15) is 0 Å². The molecule has 7 heteroatoms. The minimum absolute atomic E-state index is 0.102. The summed E-state index contributed by atoms with van der Waals surface area (Å²) in [5, 5.41) is 28.3. The molecule has 0 radical (unpaired) electrons. The van der Waals surface area contributed by atoms with E-state index in [1.54, 1.807) is 32.9 Å². The molecule has 208 valence electrons. The number of carboxylic acids is 3. The van der Waals surface area contributed by atoms with Crippen molar-refractivity contribution >= 4 is 24.0 Å². The van der Waals surface area contributed by atoms with Crippen molar-refractivity contribution in [3.63, 3.8) is 0 Å². The summed E-state index contributed by atoms with van der Waals surface area (Å²) in [6.45, 7) is 21.0. The Labute approximate surface area is 223 Å². The van der Waals surface area contributed by atoms with Crippen molar-refractivity contribution in [1.82, 2.24) is 5.32 Å². The van der Waals surface area contributed by atoms with E-state index >= 15 is 0 Å². The largest absolute Gasteiger partial charge is 0.478 e. The molecule has 37 heavy (non-hydrogen) atoms. The second-order valence-electron chi connectivity index (χ2n) is 9.06. The number of aliphatic carboxylic acids is 3. The highest BCUT2D eigenvalue weighted by Gasteiger charge is 2.07. The highest BCUT2D eigenvalue weighted by atomic mass is 16.4. The van der Waals surface area contributed by atoms with Gasteiger partial charge in [0.25, 0.3) is 0 Å². The van der Waals surface area contributed by atoms with Gasteiger partial charge >= 0.3 is 17.9 Å². The Kier molecular flexibility index (Phi) is 23.7. The van der Waals surface area contributed by atoms with E-state index in [4.69, 9.17) is 15.3 Å². The molecule has 4 N–H and O–H groups in total. The predicted octanol–water partition coefficient (Wildman–Crippen LogP) is 6.98. The molecule has 0 aliphatic carbocycles. The van der Waals surface area contributed by atoms with Gasteiger partial charge in [0, 0.05) is 22.3 Å². The molecule has 1 aromatic carbocycles. The smallest absolute Gasteiger partial charge is 0.330 e. The molecule has 7 nitrogen and oxygen atoms in total. The lowest BCUT2D eigenvalue weighted by Gasteiger charge is -2.19. The number of hydrogen-bond acceptors (Lipinski definition) is 4. The molecule has 0 aromatic heterocycles. The van der Waals surface area contributed by atoms with Gasteiger partial charge in [-0.3, -0.25) is 0 Å². The number of unbranched alkanes of at least 4 members (excludes halogenated alkanes) is 1. The maximum atomic E-state index is 10.4. The molecule has 0 heterocycles. The van der Waals surface area contributed by atoms with E-state index in [1.165, 1.54) is 5.56 Å². The van der Waals surface area contributed by atoms with Crippen LogP contribution >= 0.6 is 0 Å². The highest BCUT2D eigenvalue weighted by Crippen LogP contribution is 2.03. The molecule has 0 saturated heterocycles. The molecule has 0 atom stereocenters. The molecular weight excluding hydrogens is 470 g/mol. The normalized spacial score (nSPS) is 10.8. The van der Waals surface area contributed by atoms with Crippen LogP contribution in [0.5, 0.6) is 0 Å². The van der Waals surface area contributed by atoms with Crippen LogP contribution in [0, 0.1) is 0 Å². The van der Waals surface area contributed by atoms with E-state index in [9.17, 15) is 14.4 Å². The van der Waals surface area contributed by atoms with Crippen LogP contribution in [0.4, 0.5) is 0 Å². The number of nitrogens with one attached hydrogen (secondary N) is 1. The van der Waals surface area contributed by atoms with Crippen LogP contribution in [0.15, 0.2) is 72.4 Å². The summed E-state index contributed by atoms with van der Waals surface area (Å²) in [5.74, 6) is -2.55. The Balaban J connectivity index is -0.000000429. The lowest BCUT2D eigenvalue weighted by Crippen LogP contribution is -2.36. The number of carbonyl (C=O) groups is 3. The number of rotatable bonds is 10. The van der Waals surface area contributed by atoms with Gasteiger partial charge in [0.2, 0.25) is 0 Å². The maximum absolute atomic E-state index is 10.4. The van der Waals surface area contributed by atoms with Crippen LogP contribution in [0.3, 0.4) is 0 Å². The second-order valence-corrected chi connectivity index (χ2v) is 9.06. The van der Waals surface area contributed by atoms with Crippen LogP contribution in [-0.2, 0) is 14.4 Å². The van der Waals surface area contributed by atoms with E-state index in [1.807, 2.05) is 43.3 Å². The van der Waals surface area contributed by atoms with Crippen molar-refractivity contribution in [2.24, 2.45) is 0 Å². The fourth-order valence-electron chi connectivity index (χ4n) is 2.03. The van der Waals surface area contributed by atoms with Crippen molar-refractivity contribution in [2.45, 2.75) is 79.7 Å². The van der Waals surface area contributed by atoms with Gasteiger partial charge in [0.15, 0.2) is 0 Å². The lowest BCUT2D eigenvalue weighted by atomic mass is 10.1. The van der Waals surface area contributed by atoms with Crippen LogP contribution < -0.4 is 5.32 Å². The van der Waals surface area contributed by atoms with Gasteiger partial charge in [-0.15, -0.1) is 0 Å². The van der Waals surface area contributed by atoms with Crippen molar-refractivity contribution in [1.29, 1.82) is 0 Å². The zero-order valence-corrected chi connectivity index (χ0v) is 23.6. The molecule has 1 rings (SSSR count). The topological polar surface area (TPSA) is 124 Å². The van der Waals surface area contributed by atoms with Gasteiger partial charge in [-0.2, -0.15) is 0 Å². The van der Waals surface area contributed by atoms with Crippen LogP contribution in [0.2, 0.25) is 0 Å². The molecule has 0 aliphatic rings. The maximum Gasteiger partial charge on any atom is 0.330 e. The molecule has 0 spiro atoms. The Morgan fingerprint density at radius 2 is 1.46 bits per heavy atom. The summed E-state index contributed by atoms with van der Waals surface area (Å²) >= 11 is 0. The zero-order chi connectivity index (χ0) is 29.4. The standard InChI is InChI=1S/C10H19NO2.C8H8.C7H12O2.C5H8O2/c1-8(9(12)13)6-5-7-11-10(2,3)4;1-2-8-6-4-3-5-7-8;1-3-4-5-6(2)7(8)9;1-3-4(2)5(6)7/h6,11H,5,7H2,1-4H3,(H,12,13);2-7H,1H2;2-5H2,1H3,(H,8,9);3H,1-2H3,(H,6,7). The van der Waals surface area contributed by atoms with Crippen molar-refractivity contribution in [3.8, 4) is 0 Å². The Morgan fingerprint density at radius 1 is 0.946 bits per heavy atom. The molecule has 0 aliphatic heterocycles. The summed E-state index contributed by atoms with van der Waals surface area (Å²) in [7, 11) is 0. The summed E-state index contributed by atoms with van der Waals surface area (Å²) < 4.78 is 0. The number of hydrogen-bond donors (Lipinski definition) is 4. The molecule has 0 unspecified atom stereocenters. The number of allylic oxidation sites excluding steroid dienone is 1. The monoisotopic (exact) mass is 517 g/mol. The predicted molar refractivity (Wildman–Crippen MR) is 154 cm³/mol. The Morgan fingerprint density at radius 3 is 1.76 bits per heavy atom. The average molecular weight is 518 g/mol. The van der Waals surface area contributed by atoms with Crippen molar-refractivity contribution in [3.05, 3.63) is 77.9 Å². The van der Waals surface area contributed by atoms with Gasteiger partial charge < -0.3 is 20.6 Å². The van der Waals surface area contributed by atoms with Crippen LogP contribution in [0.25, 0.3) is 6.08 Å². The number of benzene rings is 1. The van der Waals surface area contributed by atoms with Gasteiger partial charge in [0.05, 0.1) is 0 Å². The van der Waals surface area contributed by atoms with E-state index in [2.05, 4.69) is 39.2 Å². The first-order valence-electron chi connectivity index (χ1n) is 12.2. The highest BCUT2D eigenvalue weighted by molar-refractivity contribution is 5.86. The van der Waals surface area contributed by atoms with E-state index in [0.717, 1.165) is 25.8 Å². The molecular formula is C30H47NO6. The van der Waals surface area contributed by atoms with E-state index in [-0.39, 0.29) is 5.54 Å². The minimum atomic E-state index is -0.872. The van der Waals surface area contributed by atoms with Gasteiger partial charge in [-0.1, -0.05) is 75.1 Å². The first-order valence-corrected chi connectivity index (χ1v) is 12.2. The minimum Gasteiger partial charge on any atom is -0.478 e. The third-order valence-electron chi connectivity index (χ3n) is 4.53. The van der Waals surface area contributed by atoms with Crippen LogP contribution in [-0.4, -0.2) is 45.3 Å². The third kappa shape index (κ3) is 28.7. The van der Waals surface area contributed by atoms with Crippen LogP contribution in [0.1, 0.15) is 79.7 Å². The summed E-state index contributed by atoms with van der Waals surface area (Å²) in [4.78, 5) is 30.4. The summed E-state index contributed by atoms with van der Waals surface area (Å²) in [5.41, 5.74) is 2.39. The van der Waals surface area contributed by atoms with E-state index in [0.29, 0.717) is 23.1 Å². The SMILES string of the molecule is C=C(CCCC)C(=O)O.C=Cc1ccccc1.CC(=CCCNC(C)(C)C)C(=O)O.CC=C(C)C(=O)O. The fraction of sp³-hybridized carbons (Fsp3) is 0.433.